The summed E-state index contributed by atoms with van der Waals surface area (Å²) in [5.74, 6) is -0.794. The molecule has 0 aliphatic carbocycles. The van der Waals surface area contributed by atoms with Crippen molar-refractivity contribution in [3.05, 3.63) is 46.6 Å². The summed E-state index contributed by atoms with van der Waals surface area (Å²) in [4.78, 5) is 12.6. The molecule has 1 atom stereocenters. The van der Waals surface area contributed by atoms with E-state index in [0.29, 0.717) is 17.7 Å². The molecule has 7 nitrogen and oxygen atoms in total. The quantitative estimate of drug-likeness (QED) is 0.751. The van der Waals surface area contributed by atoms with Gasteiger partial charge in [-0.05, 0) is 31.0 Å². The Morgan fingerprint density at radius 2 is 2.15 bits per heavy atom. The molecule has 2 rings (SSSR count). The van der Waals surface area contributed by atoms with E-state index in [0.717, 1.165) is 6.42 Å². The van der Waals surface area contributed by atoms with Gasteiger partial charge in [-0.3, -0.25) is 0 Å². The first kappa shape index (κ1) is 19.2. The molecule has 1 aromatic carbocycles. The topological polar surface area (TPSA) is 115 Å². The number of methoxy groups -OCH3 is 1. The van der Waals surface area contributed by atoms with Gasteiger partial charge in [0.25, 0.3) is 0 Å². The van der Waals surface area contributed by atoms with Crippen molar-refractivity contribution in [1.82, 2.24) is 0 Å². The van der Waals surface area contributed by atoms with Crippen molar-refractivity contribution in [2.75, 3.05) is 13.7 Å². The second-order valence-electron chi connectivity index (χ2n) is 5.66. The van der Waals surface area contributed by atoms with Crippen LogP contribution in [0.2, 0.25) is 0 Å². The number of benzene rings is 1. The maximum Gasteiger partial charge on any atom is 0.338 e. The van der Waals surface area contributed by atoms with Crippen LogP contribution < -0.4 is 10.5 Å². The zero-order valence-corrected chi connectivity index (χ0v) is 15.0. The number of hydrogen-bond donors (Lipinski definition) is 2. The van der Waals surface area contributed by atoms with Crippen molar-refractivity contribution in [2.45, 2.75) is 32.6 Å². The molecule has 0 spiro atoms. The molecule has 1 aliphatic rings. The van der Waals surface area contributed by atoms with Gasteiger partial charge in [0.15, 0.2) is 11.5 Å². The zero-order chi connectivity index (χ0) is 19.3. The molecule has 3 N–H and O–H groups in total. The third kappa shape index (κ3) is 3.59. The molecule has 0 bridgehead atoms. The molecule has 1 heterocycles. The number of nitrogens with two attached hydrogens (primary N) is 1. The number of esters is 1. The number of aromatic hydroxyl groups is 1. The number of allylic oxidation sites excluding steroid dienone is 2. The number of hydrogen-bond acceptors (Lipinski definition) is 7. The summed E-state index contributed by atoms with van der Waals surface area (Å²) in [6.07, 6.45) is 1.19. The van der Waals surface area contributed by atoms with Crippen LogP contribution in [-0.4, -0.2) is 24.8 Å². The molecule has 0 saturated heterocycles. The molecule has 0 radical (unpaired) electrons. The lowest BCUT2D eigenvalue weighted by molar-refractivity contribution is -0.139. The van der Waals surface area contributed by atoms with Crippen LogP contribution >= 0.6 is 0 Å². The fourth-order valence-corrected chi connectivity index (χ4v) is 2.87. The van der Waals surface area contributed by atoms with Crippen molar-refractivity contribution in [3.63, 3.8) is 0 Å². The van der Waals surface area contributed by atoms with E-state index in [1.807, 2.05) is 13.0 Å². The van der Waals surface area contributed by atoms with Gasteiger partial charge in [0.05, 0.1) is 25.2 Å². The van der Waals surface area contributed by atoms with Crippen molar-refractivity contribution >= 4 is 5.97 Å². The van der Waals surface area contributed by atoms with Crippen molar-refractivity contribution < 1.29 is 24.1 Å². The summed E-state index contributed by atoms with van der Waals surface area (Å²) in [5, 5.41) is 19.4. The summed E-state index contributed by atoms with van der Waals surface area (Å²) in [6, 6.07) is 6.65. The first-order valence-electron chi connectivity index (χ1n) is 8.33. The third-order valence-electron chi connectivity index (χ3n) is 4.01. The van der Waals surface area contributed by atoms with E-state index in [9.17, 15) is 15.2 Å². The number of ether oxygens (including phenoxy) is 3. The van der Waals surface area contributed by atoms with Gasteiger partial charge < -0.3 is 25.1 Å². The Kier molecular flexibility index (Phi) is 6.12. The van der Waals surface area contributed by atoms with E-state index in [1.54, 1.807) is 19.1 Å². The molecule has 0 amide bonds. The zero-order valence-electron chi connectivity index (χ0n) is 15.0. The Hall–Kier alpha value is -3.14. The van der Waals surface area contributed by atoms with E-state index in [1.165, 1.54) is 13.2 Å². The molecule has 1 unspecified atom stereocenters. The Morgan fingerprint density at radius 3 is 2.73 bits per heavy atom. The fourth-order valence-electron chi connectivity index (χ4n) is 2.87. The predicted molar refractivity (Wildman–Crippen MR) is 93.9 cm³/mol. The second-order valence-corrected chi connectivity index (χ2v) is 5.66. The summed E-state index contributed by atoms with van der Waals surface area (Å²) >= 11 is 0. The highest BCUT2D eigenvalue weighted by Crippen LogP contribution is 2.42. The van der Waals surface area contributed by atoms with Crippen LogP contribution in [0.25, 0.3) is 0 Å². The lowest BCUT2D eigenvalue weighted by atomic mass is 9.82. The lowest BCUT2D eigenvalue weighted by Crippen LogP contribution is -2.26. The number of nitriles is 1. The van der Waals surface area contributed by atoms with E-state index < -0.39 is 11.9 Å². The van der Waals surface area contributed by atoms with Crippen molar-refractivity contribution in [3.8, 4) is 17.6 Å². The maximum atomic E-state index is 12.6. The molecule has 1 aromatic rings. The molecule has 26 heavy (non-hydrogen) atoms. The van der Waals surface area contributed by atoms with Gasteiger partial charge in [-0.25, -0.2) is 4.79 Å². The van der Waals surface area contributed by atoms with Crippen LogP contribution in [0.3, 0.4) is 0 Å². The van der Waals surface area contributed by atoms with Crippen LogP contribution in [0.5, 0.6) is 11.5 Å². The molecule has 7 heteroatoms. The molecule has 0 fully saturated rings. The van der Waals surface area contributed by atoms with Crippen LogP contribution in [0.15, 0.2) is 41.0 Å². The number of phenolic OH excluding ortho intramolecular Hbond substituents is 1. The maximum absolute atomic E-state index is 12.6. The molecule has 138 valence electrons. The summed E-state index contributed by atoms with van der Waals surface area (Å²) in [7, 11) is 1.42. The minimum Gasteiger partial charge on any atom is -0.504 e. The first-order chi connectivity index (χ1) is 12.5. The lowest BCUT2D eigenvalue weighted by Gasteiger charge is -2.28. The van der Waals surface area contributed by atoms with Gasteiger partial charge >= 0.3 is 5.97 Å². The third-order valence-corrected chi connectivity index (χ3v) is 4.01. The van der Waals surface area contributed by atoms with E-state index in [4.69, 9.17) is 19.9 Å². The Balaban J connectivity index is 2.69. The second kappa shape index (κ2) is 8.30. The molecular weight excluding hydrogens is 336 g/mol. The highest BCUT2D eigenvalue weighted by molar-refractivity contribution is 5.92. The summed E-state index contributed by atoms with van der Waals surface area (Å²) in [6.45, 7) is 3.83. The Labute approximate surface area is 152 Å². The highest BCUT2D eigenvalue weighted by atomic mass is 16.5. The number of nitrogens with zero attached hydrogens (tertiary/aromatic N) is 1. The highest BCUT2D eigenvalue weighted by Gasteiger charge is 2.37. The first-order valence-corrected chi connectivity index (χ1v) is 8.33. The molecule has 1 aliphatic heterocycles. The van der Waals surface area contributed by atoms with Crippen LogP contribution in [0.4, 0.5) is 0 Å². The van der Waals surface area contributed by atoms with Gasteiger partial charge in [-0.1, -0.05) is 13.0 Å². The van der Waals surface area contributed by atoms with Crippen LogP contribution in [0.1, 0.15) is 38.2 Å². The predicted octanol–water partition coefficient (Wildman–Crippen LogP) is 2.83. The number of carbonyl (C=O) groups is 1. The van der Waals surface area contributed by atoms with Gasteiger partial charge in [0.2, 0.25) is 5.88 Å². The number of phenols is 1. The summed E-state index contributed by atoms with van der Waals surface area (Å²) in [5.41, 5.74) is 6.87. The largest absolute Gasteiger partial charge is 0.504 e. The van der Waals surface area contributed by atoms with Gasteiger partial charge in [-0.15, -0.1) is 0 Å². The van der Waals surface area contributed by atoms with Crippen molar-refractivity contribution in [1.29, 1.82) is 5.26 Å². The average molecular weight is 358 g/mol. The minimum atomic E-state index is -0.760. The van der Waals surface area contributed by atoms with Gasteiger partial charge in [0, 0.05) is 6.42 Å². The number of rotatable bonds is 6. The van der Waals surface area contributed by atoms with Gasteiger partial charge in [-0.2, -0.15) is 5.26 Å². The van der Waals surface area contributed by atoms with Crippen LogP contribution in [0, 0.1) is 11.3 Å². The smallest absolute Gasteiger partial charge is 0.338 e. The van der Waals surface area contributed by atoms with Crippen molar-refractivity contribution in [2.24, 2.45) is 5.73 Å². The Bertz CT molecular complexity index is 805. The summed E-state index contributed by atoms with van der Waals surface area (Å²) < 4.78 is 15.9. The Morgan fingerprint density at radius 1 is 1.42 bits per heavy atom. The van der Waals surface area contributed by atoms with E-state index in [-0.39, 0.29) is 35.1 Å². The van der Waals surface area contributed by atoms with Gasteiger partial charge in [0.1, 0.15) is 17.4 Å². The normalized spacial score (nSPS) is 16.8. The molecule has 0 saturated carbocycles. The number of carbonyl (C=O) groups excluding carboxylic acids is 1. The molecule has 0 aromatic heterocycles. The SMILES string of the molecule is CCCC1=C(C(=O)OCC)C(c2ccc(O)c(OC)c2)C(C#N)=C(N)O1. The monoisotopic (exact) mass is 358 g/mol. The minimum absolute atomic E-state index is 0.0407. The van der Waals surface area contributed by atoms with E-state index in [2.05, 4.69) is 0 Å². The molecular formula is C19H22N2O5. The fraction of sp³-hybridized carbons (Fsp3) is 0.368. The van der Waals surface area contributed by atoms with E-state index >= 15 is 0 Å². The standard InChI is InChI=1S/C19H22N2O5/c1-4-6-14-17(19(23)25-5-2)16(12(10-20)18(21)26-14)11-7-8-13(22)15(9-11)24-3/h7-9,16,22H,4-6,21H2,1-3H3. The average Bonchev–Trinajstić information content (AvgIpc) is 2.62. The van der Waals surface area contributed by atoms with Crippen LogP contribution in [-0.2, 0) is 14.3 Å².